The number of ether oxygens (including phenoxy) is 1. The van der Waals surface area contributed by atoms with Gasteiger partial charge in [0.15, 0.2) is 0 Å². The predicted octanol–water partition coefficient (Wildman–Crippen LogP) is 4.83. The van der Waals surface area contributed by atoms with Crippen molar-refractivity contribution in [3.63, 3.8) is 0 Å². The van der Waals surface area contributed by atoms with Crippen LogP contribution in [0.15, 0.2) is 73.2 Å². The fraction of sp³-hybridized carbons (Fsp3) is 0.200. The maximum atomic E-state index is 6.23. The van der Waals surface area contributed by atoms with Crippen molar-refractivity contribution in [2.75, 3.05) is 6.61 Å². The molecule has 1 fully saturated rings. The second-order valence-corrected chi connectivity index (χ2v) is 8.05. The van der Waals surface area contributed by atoms with Crippen LogP contribution in [0.25, 0.3) is 27.8 Å². The molecule has 4 heterocycles. The van der Waals surface area contributed by atoms with E-state index in [4.69, 9.17) is 9.72 Å². The van der Waals surface area contributed by atoms with Gasteiger partial charge in [-0.1, -0.05) is 30.3 Å². The Balaban J connectivity index is 1.23. The lowest BCUT2D eigenvalue weighted by Crippen LogP contribution is -2.06. The Bertz CT molecular complexity index is 1410. The molecular weight excluding hydrogens is 386 g/mol. The van der Waals surface area contributed by atoms with Crippen molar-refractivity contribution in [2.45, 2.75) is 19.3 Å². The number of para-hydroxylation sites is 1. The zero-order valence-corrected chi connectivity index (χ0v) is 17.1. The first-order valence-electron chi connectivity index (χ1n) is 10.5. The summed E-state index contributed by atoms with van der Waals surface area (Å²) < 4.78 is 8.26. The molecular formula is C25H21N5O. The molecule has 6 heteroatoms. The van der Waals surface area contributed by atoms with Crippen molar-refractivity contribution < 1.29 is 4.74 Å². The van der Waals surface area contributed by atoms with E-state index in [0.29, 0.717) is 30.1 Å². The lowest BCUT2D eigenvalue weighted by Gasteiger charge is -2.11. The number of rotatable bonds is 5. The number of pyridine rings is 2. The van der Waals surface area contributed by atoms with Crippen LogP contribution in [0.1, 0.15) is 23.9 Å². The van der Waals surface area contributed by atoms with Crippen molar-refractivity contribution in [3.8, 4) is 17.1 Å². The normalized spacial score (nSPS) is 17.8. The molecule has 0 N–H and O–H groups in total. The highest BCUT2D eigenvalue weighted by molar-refractivity contribution is 5.78. The van der Waals surface area contributed by atoms with Gasteiger partial charge in [0, 0.05) is 35.3 Å². The number of nitrogens with zero attached hydrogens (tertiary/aromatic N) is 5. The molecule has 1 aliphatic rings. The Morgan fingerprint density at radius 2 is 1.87 bits per heavy atom. The highest BCUT2D eigenvalue weighted by Crippen LogP contribution is 2.47. The van der Waals surface area contributed by atoms with Crippen LogP contribution < -0.4 is 4.74 Å². The van der Waals surface area contributed by atoms with Gasteiger partial charge in [-0.3, -0.25) is 9.38 Å². The summed E-state index contributed by atoms with van der Waals surface area (Å²) in [5.74, 6) is 2.18. The molecule has 0 saturated heterocycles. The largest absolute Gasteiger partial charge is 0.477 e. The van der Waals surface area contributed by atoms with Crippen LogP contribution in [-0.4, -0.2) is 30.9 Å². The minimum absolute atomic E-state index is 0.437. The Morgan fingerprint density at radius 1 is 0.968 bits per heavy atom. The van der Waals surface area contributed by atoms with E-state index < -0.39 is 0 Å². The third kappa shape index (κ3) is 3.30. The molecule has 152 valence electrons. The number of imidazole rings is 1. The zero-order valence-electron chi connectivity index (χ0n) is 17.1. The zero-order chi connectivity index (χ0) is 20.8. The fourth-order valence-electron chi connectivity index (χ4n) is 4.14. The molecule has 0 bridgehead atoms. The summed E-state index contributed by atoms with van der Waals surface area (Å²) in [4.78, 5) is 18.3. The highest BCUT2D eigenvalue weighted by Gasteiger charge is 2.40. The molecule has 2 unspecified atom stereocenters. The molecule has 6 nitrogen and oxygen atoms in total. The van der Waals surface area contributed by atoms with Crippen LogP contribution in [0.3, 0.4) is 0 Å². The molecule has 0 radical (unpaired) electrons. The number of benzene rings is 1. The molecule has 4 aromatic heterocycles. The van der Waals surface area contributed by atoms with Crippen molar-refractivity contribution >= 4 is 16.6 Å². The Hall–Kier alpha value is -3.80. The first kappa shape index (κ1) is 18.0. The number of hydrogen-bond donors (Lipinski definition) is 0. The van der Waals surface area contributed by atoms with E-state index in [1.165, 1.54) is 5.39 Å². The Kier molecular flexibility index (Phi) is 4.16. The van der Waals surface area contributed by atoms with Gasteiger partial charge in [-0.15, -0.1) is 0 Å². The van der Waals surface area contributed by atoms with E-state index in [2.05, 4.69) is 39.2 Å². The van der Waals surface area contributed by atoms with E-state index in [9.17, 15) is 0 Å². The van der Waals surface area contributed by atoms with Gasteiger partial charge >= 0.3 is 0 Å². The second kappa shape index (κ2) is 7.16. The van der Waals surface area contributed by atoms with Crippen molar-refractivity contribution in [1.82, 2.24) is 24.3 Å². The summed E-state index contributed by atoms with van der Waals surface area (Å²) in [5.41, 5.74) is 4.86. The topological polar surface area (TPSA) is 65.2 Å². The lowest BCUT2D eigenvalue weighted by molar-refractivity contribution is 0.285. The van der Waals surface area contributed by atoms with Gasteiger partial charge in [0.05, 0.1) is 29.6 Å². The summed E-state index contributed by atoms with van der Waals surface area (Å²) in [6.45, 7) is 2.49. The highest BCUT2D eigenvalue weighted by atomic mass is 16.5. The van der Waals surface area contributed by atoms with Gasteiger partial charge in [0.2, 0.25) is 5.88 Å². The van der Waals surface area contributed by atoms with Crippen LogP contribution in [0.4, 0.5) is 0 Å². The van der Waals surface area contributed by atoms with Gasteiger partial charge in [0.25, 0.3) is 0 Å². The fourth-order valence-corrected chi connectivity index (χ4v) is 4.14. The van der Waals surface area contributed by atoms with Gasteiger partial charge in [-0.05, 0) is 37.6 Å². The van der Waals surface area contributed by atoms with Crippen LogP contribution in [0.5, 0.6) is 5.88 Å². The maximum Gasteiger partial charge on any atom is 0.226 e. The minimum Gasteiger partial charge on any atom is -0.477 e. The van der Waals surface area contributed by atoms with Crippen LogP contribution >= 0.6 is 0 Å². The SMILES string of the molecule is Cc1ncc(-c2cnc3ccccn23)c(OCC2CC2c2ccc3ccccc3n2)n1. The monoisotopic (exact) mass is 407 g/mol. The molecule has 1 aliphatic carbocycles. The quantitative estimate of drug-likeness (QED) is 0.417. The van der Waals surface area contributed by atoms with E-state index in [0.717, 1.165) is 34.5 Å². The van der Waals surface area contributed by atoms with E-state index in [1.807, 2.05) is 60.2 Å². The summed E-state index contributed by atoms with van der Waals surface area (Å²) >= 11 is 0. The molecule has 0 amide bonds. The summed E-state index contributed by atoms with van der Waals surface area (Å²) in [6, 6.07) is 18.5. The van der Waals surface area contributed by atoms with Crippen molar-refractivity contribution in [3.05, 3.63) is 84.7 Å². The van der Waals surface area contributed by atoms with E-state index >= 15 is 0 Å². The first-order chi connectivity index (χ1) is 15.3. The molecule has 5 aromatic rings. The number of hydrogen-bond acceptors (Lipinski definition) is 5. The summed E-state index contributed by atoms with van der Waals surface area (Å²) in [5, 5.41) is 1.17. The van der Waals surface area contributed by atoms with E-state index in [1.54, 1.807) is 0 Å². The van der Waals surface area contributed by atoms with Gasteiger partial charge in [-0.25, -0.2) is 9.97 Å². The average molecular weight is 407 g/mol. The Labute approximate surface area is 179 Å². The number of aryl methyl sites for hydroxylation is 1. The number of aromatic nitrogens is 5. The van der Waals surface area contributed by atoms with Gasteiger partial charge in [0.1, 0.15) is 11.5 Å². The molecule has 0 aliphatic heterocycles. The minimum atomic E-state index is 0.437. The first-order valence-corrected chi connectivity index (χ1v) is 10.5. The van der Waals surface area contributed by atoms with Crippen LogP contribution in [0, 0.1) is 12.8 Å². The molecule has 1 saturated carbocycles. The van der Waals surface area contributed by atoms with E-state index in [-0.39, 0.29) is 0 Å². The molecule has 6 rings (SSSR count). The summed E-state index contributed by atoms with van der Waals surface area (Å²) in [7, 11) is 0. The lowest BCUT2D eigenvalue weighted by atomic mass is 10.1. The Morgan fingerprint density at radius 3 is 2.84 bits per heavy atom. The maximum absolute atomic E-state index is 6.23. The summed E-state index contributed by atoms with van der Waals surface area (Å²) in [6.07, 6.45) is 6.74. The molecule has 31 heavy (non-hydrogen) atoms. The molecule has 0 spiro atoms. The van der Waals surface area contributed by atoms with Gasteiger partial charge < -0.3 is 4.74 Å². The molecule has 1 aromatic carbocycles. The third-order valence-corrected chi connectivity index (χ3v) is 5.92. The van der Waals surface area contributed by atoms with Crippen LogP contribution in [-0.2, 0) is 0 Å². The van der Waals surface area contributed by atoms with Crippen molar-refractivity contribution in [2.24, 2.45) is 5.92 Å². The third-order valence-electron chi connectivity index (χ3n) is 5.92. The predicted molar refractivity (Wildman–Crippen MR) is 119 cm³/mol. The van der Waals surface area contributed by atoms with Crippen molar-refractivity contribution in [1.29, 1.82) is 0 Å². The second-order valence-electron chi connectivity index (χ2n) is 8.05. The smallest absolute Gasteiger partial charge is 0.226 e. The molecule has 2 atom stereocenters. The number of fused-ring (bicyclic) bond motifs is 2. The van der Waals surface area contributed by atoms with Crippen LogP contribution in [0.2, 0.25) is 0 Å². The van der Waals surface area contributed by atoms with Gasteiger partial charge in [-0.2, -0.15) is 4.98 Å². The standard InChI is InChI=1S/C25H21N5O/c1-16-26-13-20(23-14-27-24-8-4-5-11-30(23)24)25(28-16)31-15-18-12-19(18)22-10-9-17-6-2-3-7-21(17)29-22/h2-11,13-14,18-19H,12,15H2,1H3. The average Bonchev–Trinajstić information content (AvgIpc) is 3.47.